The van der Waals surface area contributed by atoms with E-state index in [9.17, 15) is 14.8 Å². The van der Waals surface area contributed by atoms with Crippen LogP contribution in [0.2, 0.25) is 0 Å². The third-order valence-corrected chi connectivity index (χ3v) is 3.78. The summed E-state index contributed by atoms with van der Waals surface area (Å²) in [5.74, 6) is 0.176. The zero-order valence-electron chi connectivity index (χ0n) is 11.1. The summed E-state index contributed by atoms with van der Waals surface area (Å²) < 4.78 is 22.0. The molecule has 0 amide bonds. The van der Waals surface area contributed by atoms with E-state index in [0.29, 0.717) is 11.2 Å². The zero-order valence-corrected chi connectivity index (χ0v) is 12.1. The van der Waals surface area contributed by atoms with E-state index < -0.39 is 32.8 Å². The SMILES string of the molecule is Nc1ncnc2c1ncn2[C@@H]1O[C@H](CO[PH](=O)O)[C@@H](O)[C@H]1O.[NaH].[NaH]. The number of anilines is 1. The number of aromatic nitrogens is 4. The van der Waals surface area contributed by atoms with E-state index in [1.807, 2.05) is 0 Å². The maximum absolute atomic E-state index is 10.6. The van der Waals surface area contributed by atoms with E-state index in [4.69, 9.17) is 15.4 Å². The van der Waals surface area contributed by atoms with Crippen LogP contribution >= 0.6 is 8.25 Å². The molecular formula is C10H16N5Na2O6P. The number of imidazole rings is 1. The number of ether oxygens (including phenoxy) is 1. The summed E-state index contributed by atoms with van der Waals surface area (Å²) in [5, 5.41) is 20.1. The number of nitrogen functional groups attached to an aromatic ring is 1. The van der Waals surface area contributed by atoms with Gasteiger partial charge in [-0.05, 0) is 0 Å². The molecule has 0 bridgehead atoms. The van der Waals surface area contributed by atoms with E-state index >= 15 is 0 Å². The van der Waals surface area contributed by atoms with Gasteiger partial charge >= 0.3 is 67.4 Å². The van der Waals surface area contributed by atoms with Crippen LogP contribution in [0.25, 0.3) is 11.2 Å². The minimum atomic E-state index is -3.15. The third-order valence-electron chi connectivity index (χ3n) is 3.37. The van der Waals surface area contributed by atoms with Crippen LogP contribution in [0.4, 0.5) is 5.82 Å². The summed E-state index contributed by atoms with van der Waals surface area (Å²) in [6.07, 6.45) is -1.92. The van der Waals surface area contributed by atoms with E-state index in [1.165, 1.54) is 17.2 Å². The van der Waals surface area contributed by atoms with Crippen LogP contribution < -0.4 is 5.73 Å². The average Bonchev–Trinajstić information content (AvgIpc) is 3.01. The number of fused-ring (bicyclic) bond motifs is 1. The number of nitrogens with two attached hydrogens (primary N) is 1. The number of rotatable bonds is 4. The molecule has 3 heterocycles. The monoisotopic (exact) mass is 379 g/mol. The number of aliphatic hydroxyl groups is 2. The van der Waals surface area contributed by atoms with Crippen molar-refractivity contribution < 1.29 is 28.9 Å². The van der Waals surface area contributed by atoms with Crippen molar-refractivity contribution in [2.24, 2.45) is 0 Å². The summed E-state index contributed by atoms with van der Waals surface area (Å²) >= 11 is 0. The van der Waals surface area contributed by atoms with Crippen molar-refractivity contribution >= 4 is 84.4 Å². The van der Waals surface area contributed by atoms with Crippen LogP contribution in [0.3, 0.4) is 0 Å². The topological polar surface area (TPSA) is 166 Å². The fourth-order valence-electron chi connectivity index (χ4n) is 2.31. The first kappa shape index (κ1) is 22.4. The summed E-state index contributed by atoms with van der Waals surface area (Å²) in [7, 11) is -3.15. The van der Waals surface area contributed by atoms with Gasteiger partial charge in [0.05, 0.1) is 12.9 Å². The quantitative estimate of drug-likeness (QED) is 0.320. The Morgan fingerprint density at radius 2 is 2.00 bits per heavy atom. The Morgan fingerprint density at radius 3 is 2.67 bits per heavy atom. The standard InChI is InChI=1S/C10H14N5O6P.2Na.2H/c11-8-5-9(13-2-12-8)15(3-14-5)10-7(17)6(16)4(21-10)1-20-22(18)19;;;;/h2-4,6-7,10,16-17,22H,1H2,(H,18,19)(H2,11,12,13);;;;/t4-,6-,7-,10-;;;;/m1..../s1. The van der Waals surface area contributed by atoms with Gasteiger partial charge in [0.25, 0.3) is 0 Å². The molecule has 1 aliphatic heterocycles. The van der Waals surface area contributed by atoms with Gasteiger partial charge in [0.1, 0.15) is 30.2 Å². The second kappa shape index (κ2) is 9.36. The Bertz CT molecular complexity index is 720. The molecule has 11 nitrogen and oxygen atoms in total. The number of aliphatic hydroxyl groups excluding tert-OH is 2. The minimum absolute atomic E-state index is 0. The van der Waals surface area contributed by atoms with E-state index in [0.717, 1.165) is 0 Å². The Morgan fingerprint density at radius 1 is 1.29 bits per heavy atom. The molecule has 1 fully saturated rings. The molecule has 0 saturated carbocycles. The molecule has 14 heteroatoms. The fourth-order valence-corrected chi connectivity index (χ4v) is 2.61. The normalized spacial score (nSPS) is 27.5. The zero-order chi connectivity index (χ0) is 15.9. The van der Waals surface area contributed by atoms with E-state index in [1.54, 1.807) is 0 Å². The Hall–Kier alpha value is 0.380. The molecule has 0 radical (unpaired) electrons. The summed E-state index contributed by atoms with van der Waals surface area (Å²) in [5.41, 5.74) is 6.35. The van der Waals surface area contributed by atoms with Crippen LogP contribution in [-0.4, -0.2) is 119 Å². The van der Waals surface area contributed by atoms with Crippen molar-refractivity contribution in [2.45, 2.75) is 24.5 Å². The van der Waals surface area contributed by atoms with Gasteiger partial charge in [-0.2, -0.15) is 0 Å². The van der Waals surface area contributed by atoms with Crippen LogP contribution in [-0.2, 0) is 13.8 Å². The van der Waals surface area contributed by atoms with Gasteiger partial charge in [0.2, 0.25) is 0 Å². The van der Waals surface area contributed by atoms with Crippen molar-refractivity contribution in [1.82, 2.24) is 19.5 Å². The van der Waals surface area contributed by atoms with E-state index in [-0.39, 0.29) is 71.5 Å². The van der Waals surface area contributed by atoms with Gasteiger partial charge in [0, 0.05) is 0 Å². The van der Waals surface area contributed by atoms with Crippen molar-refractivity contribution in [3.63, 3.8) is 0 Å². The predicted molar refractivity (Wildman–Crippen MR) is 87.1 cm³/mol. The van der Waals surface area contributed by atoms with Crippen LogP contribution in [0.1, 0.15) is 6.23 Å². The second-order valence-corrected chi connectivity index (χ2v) is 5.53. The van der Waals surface area contributed by atoms with Gasteiger partial charge in [0.15, 0.2) is 17.7 Å². The van der Waals surface area contributed by atoms with Crippen molar-refractivity contribution in [3.8, 4) is 0 Å². The Balaban J connectivity index is 0.00000144. The molecule has 1 aliphatic rings. The summed E-state index contributed by atoms with van der Waals surface area (Å²) in [6.45, 7) is -0.327. The first-order chi connectivity index (χ1) is 10.5. The van der Waals surface area contributed by atoms with Crippen LogP contribution in [0.5, 0.6) is 0 Å². The molecule has 0 spiro atoms. The fraction of sp³-hybridized carbons (Fsp3) is 0.500. The summed E-state index contributed by atoms with van der Waals surface area (Å²) in [4.78, 5) is 20.5. The van der Waals surface area contributed by atoms with Crippen molar-refractivity contribution in [3.05, 3.63) is 12.7 Å². The Kier molecular flexibility index (Phi) is 8.74. The first-order valence-corrected chi connectivity index (χ1v) is 7.55. The van der Waals surface area contributed by atoms with Crippen molar-refractivity contribution in [2.75, 3.05) is 12.3 Å². The van der Waals surface area contributed by atoms with Gasteiger partial charge in [-0.3, -0.25) is 9.13 Å². The predicted octanol–water partition coefficient (Wildman–Crippen LogP) is -2.87. The van der Waals surface area contributed by atoms with Crippen molar-refractivity contribution in [1.29, 1.82) is 0 Å². The van der Waals surface area contributed by atoms with Crippen LogP contribution in [0, 0.1) is 0 Å². The van der Waals surface area contributed by atoms with Gasteiger partial charge in [-0.25, -0.2) is 15.0 Å². The molecule has 124 valence electrons. The van der Waals surface area contributed by atoms with Gasteiger partial charge in [-0.1, -0.05) is 0 Å². The molecule has 1 unspecified atom stereocenters. The molecule has 2 aromatic rings. The maximum atomic E-state index is 10.6. The molecule has 24 heavy (non-hydrogen) atoms. The molecule has 0 aliphatic carbocycles. The van der Waals surface area contributed by atoms with Gasteiger partial charge < -0.3 is 30.1 Å². The Labute approximate surface area is 181 Å². The summed E-state index contributed by atoms with van der Waals surface area (Å²) in [6, 6.07) is 0. The van der Waals surface area contributed by atoms with Gasteiger partial charge in [-0.15, -0.1) is 0 Å². The first-order valence-electron chi connectivity index (χ1n) is 6.29. The third kappa shape index (κ3) is 4.37. The van der Waals surface area contributed by atoms with E-state index in [2.05, 4.69) is 19.5 Å². The molecule has 2 aromatic heterocycles. The molecule has 1 saturated heterocycles. The molecule has 0 aromatic carbocycles. The molecule has 3 rings (SSSR count). The number of hydrogen-bond acceptors (Lipinski definition) is 9. The average molecular weight is 379 g/mol. The number of nitrogens with zero attached hydrogens (tertiary/aromatic N) is 4. The number of hydrogen-bond donors (Lipinski definition) is 4. The molecule has 5 atom stereocenters. The van der Waals surface area contributed by atoms with Crippen LogP contribution in [0.15, 0.2) is 12.7 Å². The molecular weight excluding hydrogens is 363 g/mol. The molecule has 5 N–H and O–H groups in total. The second-order valence-electron chi connectivity index (χ2n) is 4.71.